The summed E-state index contributed by atoms with van der Waals surface area (Å²) in [5, 5.41) is 0. The van der Waals surface area contributed by atoms with Crippen LogP contribution in [0.3, 0.4) is 0 Å². The normalized spacial score (nSPS) is 12.7. The minimum atomic E-state index is -0.801. The lowest BCUT2D eigenvalue weighted by Gasteiger charge is -2.18. The number of allylic oxidation sites excluding steroid dienone is 12. The van der Waals surface area contributed by atoms with E-state index in [-0.39, 0.29) is 31.1 Å². The van der Waals surface area contributed by atoms with Gasteiger partial charge in [0.05, 0.1) is 0 Å². The Balaban J connectivity index is 4.45. The molecule has 0 heterocycles. The van der Waals surface area contributed by atoms with Crippen LogP contribution in [0.2, 0.25) is 0 Å². The highest BCUT2D eigenvalue weighted by Gasteiger charge is 2.19. The minimum absolute atomic E-state index is 0.106. The molecule has 0 aromatic carbocycles. The maximum absolute atomic E-state index is 12.6. The van der Waals surface area contributed by atoms with Crippen molar-refractivity contribution in [3.05, 3.63) is 72.9 Å². The second kappa shape index (κ2) is 41.6. The Bertz CT molecular complexity index is 1030. The third-order valence-electron chi connectivity index (χ3n) is 8.66. The number of unbranched alkanes of at least 4 members (excludes halogenated alkanes) is 14. The Hall–Kier alpha value is -3.15. The SMILES string of the molecule is CC/C=C\C/C=C\C/C=C\C/C=C\CCCCCC(=O)OCC(COC(=O)CCC/C=C\CCCCCC)OC(=O)CCCCCC/C=C\CCCC. The van der Waals surface area contributed by atoms with Crippen molar-refractivity contribution in [2.45, 2.75) is 194 Å². The molecule has 0 radical (unpaired) electrons. The molecule has 0 aromatic rings. The van der Waals surface area contributed by atoms with E-state index in [1.54, 1.807) is 0 Å². The Morgan fingerprint density at radius 2 is 0.774 bits per heavy atom. The fraction of sp³-hybridized carbons (Fsp3) is 0.681. The summed E-state index contributed by atoms with van der Waals surface area (Å²) in [5.74, 6) is -0.995. The van der Waals surface area contributed by atoms with Gasteiger partial charge in [0.15, 0.2) is 6.10 Å². The van der Waals surface area contributed by atoms with E-state index in [0.717, 1.165) is 103 Å². The van der Waals surface area contributed by atoms with Gasteiger partial charge in [-0.3, -0.25) is 14.4 Å². The molecule has 1 atom stereocenters. The summed E-state index contributed by atoms with van der Waals surface area (Å²) in [6.07, 6.45) is 50.4. The number of carbonyl (C=O) groups is 3. The molecule has 53 heavy (non-hydrogen) atoms. The van der Waals surface area contributed by atoms with Crippen LogP contribution in [0.15, 0.2) is 72.9 Å². The number of ether oxygens (including phenoxy) is 3. The number of esters is 3. The number of rotatable bonds is 37. The molecule has 6 heteroatoms. The highest BCUT2D eigenvalue weighted by Crippen LogP contribution is 2.11. The van der Waals surface area contributed by atoms with Crippen LogP contribution in [0.4, 0.5) is 0 Å². The van der Waals surface area contributed by atoms with E-state index in [2.05, 4.69) is 93.7 Å². The first-order valence-corrected chi connectivity index (χ1v) is 21.4. The molecule has 0 aliphatic rings. The quantitative estimate of drug-likeness (QED) is 0.0273. The molecule has 0 rings (SSSR count). The maximum atomic E-state index is 12.6. The fourth-order valence-corrected chi connectivity index (χ4v) is 5.41. The Labute approximate surface area is 325 Å². The molecule has 0 saturated heterocycles. The first-order valence-electron chi connectivity index (χ1n) is 21.4. The van der Waals surface area contributed by atoms with Crippen LogP contribution < -0.4 is 0 Å². The number of hydrogen-bond acceptors (Lipinski definition) is 6. The largest absolute Gasteiger partial charge is 0.462 e. The van der Waals surface area contributed by atoms with Crippen LogP contribution in [0.25, 0.3) is 0 Å². The summed E-state index contributed by atoms with van der Waals surface area (Å²) in [4.78, 5) is 37.5. The van der Waals surface area contributed by atoms with Gasteiger partial charge in [0, 0.05) is 19.3 Å². The van der Waals surface area contributed by atoms with Crippen molar-refractivity contribution in [1.29, 1.82) is 0 Å². The fourth-order valence-electron chi connectivity index (χ4n) is 5.41. The third-order valence-corrected chi connectivity index (χ3v) is 8.66. The summed E-state index contributed by atoms with van der Waals surface area (Å²) < 4.78 is 16.6. The van der Waals surface area contributed by atoms with Gasteiger partial charge < -0.3 is 14.2 Å². The van der Waals surface area contributed by atoms with Gasteiger partial charge in [0.1, 0.15) is 13.2 Å². The topological polar surface area (TPSA) is 78.9 Å². The van der Waals surface area contributed by atoms with E-state index in [4.69, 9.17) is 14.2 Å². The van der Waals surface area contributed by atoms with Crippen molar-refractivity contribution in [2.75, 3.05) is 13.2 Å². The van der Waals surface area contributed by atoms with Gasteiger partial charge in [0.25, 0.3) is 0 Å². The van der Waals surface area contributed by atoms with Gasteiger partial charge in [-0.2, -0.15) is 0 Å². The zero-order valence-corrected chi connectivity index (χ0v) is 34.3. The van der Waals surface area contributed by atoms with Crippen LogP contribution in [0.1, 0.15) is 188 Å². The van der Waals surface area contributed by atoms with Crippen LogP contribution in [-0.2, 0) is 28.6 Å². The highest BCUT2D eigenvalue weighted by atomic mass is 16.6. The zero-order chi connectivity index (χ0) is 38.7. The smallest absolute Gasteiger partial charge is 0.306 e. The molecular weight excluding hydrogens is 661 g/mol. The van der Waals surface area contributed by atoms with E-state index in [1.165, 1.54) is 38.5 Å². The summed E-state index contributed by atoms with van der Waals surface area (Å²) >= 11 is 0. The monoisotopic (exact) mass is 739 g/mol. The highest BCUT2D eigenvalue weighted by molar-refractivity contribution is 5.71. The van der Waals surface area contributed by atoms with Gasteiger partial charge >= 0.3 is 17.9 Å². The molecule has 6 nitrogen and oxygen atoms in total. The van der Waals surface area contributed by atoms with Crippen molar-refractivity contribution in [3.63, 3.8) is 0 Å². The number of hydrogen-bond donors (Lipinski definition) is 0. The summed E-state index contributed by atoms with van der Waals surface area (Å²) in [5.41, 5.74) is 0. The Morgan fingerprint density at radius 3 is 1.30 bits per heavy atom. The lowest BCUT2D eigenvalue weighted by atomic mass is 10.1. The lowest BCUT2D eigenvalue weighted by molar-refractivity contribution is -0.167. The molecule has 0 aliphatic carbocycles. The van der Waals surface area contributed by atoms with Gasteiger partial charge in [-0.25, -0.2) is 0 Å². The second-order valence-electron chi connectivity index (χ2n) is 13.9. The molecule has 0 spiro atoms. The van der Waals surface area contributed by atoms with Crippen molar-refractivity contribution in [3.8, 4) is 0 Å². The predicted octanol–water partition coefficient (Wildman–Crippen LogP) is 13.5. The van der Waals surface area contributed by atoms with Crippen molar-refractivity contribution >= 4 is 17.9 Å². The summed E-state index contributed by atoms with van der Waals surface area (Å²) in [6.45, 7) is 6.35. The molecule has 0 N–H and O–H groups in total. The molecule has 0 saturated carbocycles. The van der Waals surface area contributed by atoms with Crippen LogP contribution in [0, 0.1) is 0 Å². The van der Waals surface area contributed by atoms with Crippen molar-refractivity contribution in [2.24, 2.45) is 0 Å². The van der Waals surface area contributed by atoms with Gasteiger partial charge in [-0.1, -0.05) is 145 Å². The van der Waals surface area contributed by atoms with Crippen LogP contribution in [-0.4, -0.2) is 37.2 Å². The van der Waals surface area contributed by atoms with Crippen LogP contribution >= 0.6 is 0 Å². The zero-order valence-electron chi connectivity index (χ0n) is 34.3. The summed E-state index contributed by atoms with van der Waals surface area (Å²) in [6, 6.07) is 0. The molecule has 0 bridgehead atoms. The Kier molecular flexibility index (Phi) is 39.1. The second-order valence-corrected chi connectivity index (χ2v) is 13.9. The van der Waals surface area contributed by atoms with E-state index >= 15 is 0 Å². The molecule has 0 aliphatic heterocycles. The first kappa shape index (κ1) is 49.9. The van der Waals surface area contributed by atoms with Crippen molar-refractivity contribution < 1.29 is 28.6 Å². The predicted molar refractivity (Wildman–Crippen MR) is 224 cm³/mol. The molecule has 0 amide bonds. The van der Waals surface area contributed by atoms with Gasteiger partial charge in [-0.15, -0.1) is 0 Å². The molecule has 302 valence electrons. The molecule has 0 fully saturated rings. The molecular formula is C47H78O6. The van der Waals surface area contributed by atoms with E-state index < -0.39 is 6.10 Å². The van der Waals surface area contributed by atoms with Crippen molar-refractivity contribution in [1.82, 2.24) is 0 Å². The van der Waals surface area contributed by atoms with Gasteiger partial charge in [-0.05, 0) is 96.3 Å². The first-order chi connectivity index (χ1) is 26.0. The lowest BCUT2D eigenvalue weighted by Crippen LogP contribution is -2.30. The van der Waals surface area contributed by atoms with E-state index in [0.29, 0.717) is 25.7 Å². The molecule has 0 aromatic heterocycles. The minimum Gasteiger partial charge on any atom is -0.462 e. The summed E-state index contributed by atoms with van der Waals surface area (Å²) in [7, 11) is 0. The average molecular weight is 739 g/mol. The average Bonchev–Trinajstić information content (AvgIpc) is 3.15. The molecule has 1 unspecified atom stereocenters. The van der Waals surface area contributed by atoms with E-state index in [1.807, 2.05) is 0 Å². The third kappa shape index (κ3) is 39.9. The van der Waals surface area contributed by atoms with Crippen LogP contribution in [0.5, 0.6) is 0 Å². The van der Waals surface area contributed by atoms with Gasteiger partial charge in [0.2, 0.25) is 0 Å². The maximum Gasteiger partial charge on any atom is 0.306 e. The number of carbonyl (C=O) groups excluding carboxylic acids is 3. The van der Waals surface area contributed by atoms with E-state index in [9.17, 15) is 14.4 Å². The Morgan fingerprint density at radius 1 is 0.396 bits per heavy atom. The standard InChI is InChI=1S/C47H78O6/c1-4-7-10-13-16-19-21-22-23-24-25-26-29-31-34-37-40-46(49)52-43-44(42-51-45(48)39-36-33-30-27-18-15-12-9-6-3)53-47(50)41-38-35-32-28-20-17-14-11-8-5-2/h7,10,14,16-17,19,22-23,25-27,30,44H,4-6,8-9,11-13,15,18,20-21,24,28-29,31-43H2,1-3H3/b10-7-,17-14-,19-16-,23-22-,26-25-,30-27-.